The van der Waals surface area contributed by atoms with Gasteiger partial charge in [0, 0.05) is 0 Å². The molecule has 14 heavy (non-hydrogen) atoms. The van der Waals surface area contributed by atoms with E-state index in [1.165, 1.54) is 29.7 Å². The summed E-state index contributed by atoms with van der Waals surface area (Å²) in [5.74, 6) is 1.17. The standard InChI is InChI=1S/C13H18O/c1-3-10-6-5-7-11-8-9-12(4-2)14-13(10)11/h5-7,12H,3-4,8-9H2,1-2H3. The molecule has 0 fully saturated rings. The van der Waals surface area contributed by atoms with Gasteiger partial charge in [0.15, 0.2) is 0 Å². The molecule has 1 aliphatic rings. The van der Waals surface area contributed by atoms with Crippen LogP contribution >= 0.6 is 0 Å². The Kier molecular flexibility index (Phi) is 2.76. The van der Waals surface area contributed by atoms with E-state index in [9.17, 15) is 0 Å². The predicted octanol–water partition coefficient (Wildman–Crippen LogP) is 3.35. The highest BCUT2D eigenvalue weighted by Gasteiger charge is 2.19. The predicted molar refractivity (Wildman–Crippen MR) is 58.8 cm³/mol. The van der Waals surface area contributed by atoms with Crippen LogP contribution in [0.25, 0.3) is 0 Å². The summed E-state index contributed by atoms with van der Waals surface area (Å²) in [4.78, 5) is 0. The Morgan fingerprint density at radius 3 is 2.93 bits per heavy atom. The topological polar surface area (TPSA) is 9.23 Å². The fraction of sp³-hybridized carbons (Fsp3) is 0.538. The average Bonchev–Trinajstić information content (AvgIpc) is 2.27. The Balaban J connectivity index is 2.33. The summed E-state index contributed by atoms with van der Waals surface area (Å²) in [6, 6.07) is 6.52. The van der Waals surface area contributed by atoms with Crippen LogP contribution in [0, 0.1) is 0 Å². The number of aryl methyl sites for hydroxylation is 2. The van der Waals surface area contributed by atoms with Gasteiger partial charge in [-0.25, -0.2) is 0 Å². The molecule has 0 saturated heterocycles. The van der Waals surface area contributed by atoms with Gasteiger partial charge in [-0.3, -0.25) is 0 Å². The summed E-state index contributed by atoms with van der Waals surface area (Å²) in [5, 5.41) is 0. The van der Waals surface area contributed by atoms with E-state index in [-0.39, 0.29) is 0 Å². The van der Waals surface area contributed by atoms with Crippen LogP contribution in [0.15, 0.2) is 18.2 Å². The Morgan fingerprint density at radius 2 is 2.21 bits per heavy atom. The average molecular weight is 190 g/mol. The number of hydrogen-bond donors (Lipinski definition) is 0. The van der Waals surface area contributed by atoms with Crippen molar-refractivity contribution in [3.63, 3.8) is 0 Å². The van der Waals surface area contributed by atoms with Crippen LogP contribution in [0.1, 0.15) is 37.8 Å². The van der Waals surface area contributed by atoms with E-state index in [0.29, 0.717) is 6.10 Å². The first-order valence-electron chi connectivity index (χ1n) is 5.62. The minimum absolute atomic E-state index is 0.440. The van der Waals surface area contributed by atoms with Crippen LogP contribution in [0.4, 0.5) is 0 Å². The van der Waals surface area contributed by atoms with Crippen molar-refractivity contribution in [3.05, 3.63) is 29.3 Å². The molecule has 0 amide bonds. The van der Waals surface area contributed by atoms with Gasteiger partial charge >= 0.3 is 0 Å². The lowest BCUT2D eigenvalue weighted by molar-refractivity contribution is 0.168. The molecule has 1 aromatic rings. The Labute approximate surface area is 86.1 Å². The zero-order valence-corrected chi connectivity index (χ0v) is 9.05. The fourth-order valence-corrected chi connectivity index (χ4v) is 2.09. The highest BCUT2D eigenvalue weighted by atomic mass is 16.5. The smallest absolute Gasteiger partial charge is 0.126 e. The molecule has 0 N–H and O–H groups in total. The van der Waals surface area contributed by atoms with Crippen molar-refractivity contribution < 1.29 is 4.74 Å². The first-order chi connectivity index (χ1) is 6.85. The van der Waals surface area contributed by atoms with E-state index in [2.05, 4.69) is 32.0 Å². The quantitative estimate of drug-likeness (QED) is 0.695. The Bertz CT molecular complexity index is 303. The second-order valence-electron chi connectivity index (χ2n) is 3.95. The lowest BCUT2D eigenvalue weighted by Crippen LogP contribution is -2.22. The van der Waals surface area contributed by atoms with Crippen molar-refractivity contribution in [3.8, 4) is 5.75 Å². The summed E-state index contributed by atoms with van der Waals surface area (Å²) in [7, 11) is 0. The molecular formula is C13H18O. The van der Waals surface area contributed by atoms with E-state index in [1.54, 1.807) is 0 Å². The van der Waals surface area contributed by atoms with Gasteiger partial charge in [-0.1, -0.05) is 32.0 Å². The molecule has 0 aliphatic carbocycles. The summed E-state index contributed by atoms with van der Waals surface area (Å²) < 4.78 is 6.00. The molecule has 1 unspecified atom stereocenters. The summed E-state index contributed by atoms with van der Waals surface area (Å²) in [5.41, 5.74) is 2.76. The summed E-state index contributed by atoms with van der Waals surface area (Å²) in [6.07, 6.45) is 4.99. The van der Waals surface area contributed by atoms with Crippen LogP contribution < -0.4 is 4.74 Å². The van der Waals surface area contributed by atoms with Crippen LogP contribution in [0.5, 0.6) is 5.75 Å². The third-order valence-corrected chi connectivity index (χ3v) is 3.03. The maximum atomic E-state index is 6.00. The van der Waals surface area contributed by atoms with Crippen molar-refractivity contribution in [2.75, 3.05) is 0 Å². The van der Waals surface area contributed by atoms with Gasteiger partial charge in [0.1, 0.15) is 5.75 Å². The van der Waals surface area contributed by atoms with Crippen molar-refractivity contribution in [1.82, 2.24) is 0 Å². The van der Waals surface area contributed by atoms with Gasteiger partial charge in [0.2, 0.25) is 0 Å². The summed E-state index contributed by atoms with van der Waals surface area (Å²) in [6.45, 7) is 4.39. The molecule has 1 heteroatoms. The number of rotatable bonds is 2. The van der Waals surface area contributed by atoms with Gasteiger partial charge in [-0.15, -0.1) is 0 Å². The van der Waals surface area contributed by atoms with Gasteiger partial charge in [-0.05, 0) is 36.8 Å². The Morgan fingerprint density at radius 1 is 1.36 bits per heavy atom. The first kappa shape index (κ1) is 9.57. The highest BCUT2D eigenvalue weighted by molar-refractivity contribution is 5.43. The first-order valence-corrected chi connectivity index (χ1v) is 5.62. The van der Waals surface area contributed by atoms with E-state index in [1.807, 2.05) is 0 Å². The van der Waals surface area contributed by atoms with E-state index < -0.39 is 0 Å². The SMILES string of the molecule is CCc1cccc2c1OC(CC)CC2. The zero-order valence-electron chi connectivity index (χ0n) is 9.05. The number of fused-ring (bicyclic) bond motifs is 1. The van der Waals surface area contributed by atoms with Gasteiger partial charge in [-0.2, -0.15) is 0 Å². The molecule has 0 aromatic heterocycles. The van der Waals surface area contributed by atoms with E-state index >= 15 is 0 Å². The molecule has 76 valence electrons. The maximum absolute atomic E-state index is 6.00. The van der Waals surface area contributed by atoms with Crippen LogP contribution in [-0.2, 0) is 12.8 Å². The normalized spacial score (nSPS) is 20.0. The van der Waals surface area contributed by atoms with Crippen LogP contribution in [-0.4, -0.2) is 6.10 Å². The second kappa shape index (κ2) is 4.04. The summed E-state index contributed by atoms with van der Waals surface area (Å²) >= 11 is 0. The molecule has 0 radical (unpaired) electrons. The molecule has 1 aromatic carbocycles. The third-order valence-electron chi connectivity index (χ3n) is 3.03. The minimum Gasteiger partial charge on any atom is -0.490 e. The molecule has 2 rings (SSSR count). The second-order valence-corrected chi connectivity index (χ2v) is 3.95. The van der Waals surface area contributed by atoms with Gasteiger partial charge in [0.25, 0.3) is 0 Å². The molecule has 1 atom stereocenters. The van der Waals surface area contributed by atoms with E-state index in [0.717, 1.165) is 12.8 Å². The maximum Gasteiger partial charge on any atom is 0.126 e. The van der Waals surface area contributed by atoms with Crippen LogP contribution in [0.3, 0.4) is 0 Å². The largest absolute Gasteiger partial charge is 0.490 e. The molecule has 1 nitrogen and oxygen atoms in total. The molecule has 0 saturated carbocycles. The van der Waals surface area contributed by atoms with Gasteiger partial charge < -0.3 is 4.74 Å². The van der Waals surface area contributed by atoms with Crippen molar-refractivity contribution >= 4 is 0 Å². The molecule has 1 heterocycles. The number of hydrogen-bond acceptors (Lipinski definition) is 1. The van der Waals surface area contributed by atoms with Crippen molar-refractivity contribution in [1.29, 1.82) is 0 Å². The molecule has 0 spiro atoms. The van der Waals surface area contributed by atoms with Crippen LogP contribution in [0.2, 0.25) is 0 Å². The number of para-hydroxylation sites is 1. The Hall–Kier alpha value is -0.980. The van der Waals surface area contributed by atoms with Crippen molar-refractivity contribution in [2.24, 2.45) is 0 Å². The molecular weight excluding hydrogens is 172 g/mol. The van der Waals surface area contributed by atoms with Gasteiger partial charge in [0.05, 0.1) is 6.10 Å². The lowest BCUT2D eigenvalue weighted by Gasteiger charge is -2.27. The highest BCUT2D eigenvalue weighted by Crippen LogP contribution is 2.32. The monoisotopic (exact) mass is 190 g/mol. The third kappa shape index (κ3) is 1.63. The molecule has 0 bridgehead atoms. The lowest BCUT2D eigenvalue weighted by atomic mass is 9.97. The molecule has 1 aliphatic heterocycles. The number of benzene rings is 1. The minimum atomic E-state index is 0.440. The fourth-order valence-electron chi connectivity index (χ4n) is 2.09. The number of ether oxygens (including phenoxy) is 1. The van der Waals surface area contributed by atoms with E-state index in [4.69, 9.17) is 4.74 Å². The zero-order chi connectivity index (χ0) is 9.97. The van der Waals surface area contributed by atoms with Crippen molar-refractivity contribution in [2.45, 2.75) is 45.6 Å².